The van der Waals surface area contributed by atoms with Gasteiger partial charge in [0.05, 0.1) is 0 Å². The summed E-state index contributed by atoms with van der Waals surface area (Å²) in [6, 6.07) is 20.0. The van der Waals surface area contributed by atoms with Gasteiger partial charge in [-0.3, -0.25) is 0 Å². The summed E-state index contributed by atoms with van der Waals surface area (Å²) in [7, 11) is 0. The average Bonchev–Trinajstić information content (AvgIpc) is 2.50. The first-order valence-corrected chi connectivity index (χ1v) is 8.64. The molecular formula is C19H23NS. The molecule has 2 heteroatoms. The SMILES string of the molecule is Cc1cccc(SC2CC(c3ccccc3)CCC2N)c1. The van der Waals surface area contributed by atoms with E-state index in [-0.39, 0.29) is 0 Å². The Hall–Kier alpha value is -1.25. The molecule has 3 unspecified atom stereocenters. The highest BCUT2D eigenvalue weighted by molar-refractivity contribution is 8.00. The second kappa shape index (κ2) is 6.67. The highest BCUT2D eigenvalue weighted by Crippen LogP contribution is 2.40. The first-order valence-electron chi connectivity index (χ1n) is 7.76. The molecule has 1 aliphatic carbocycles. The number of hydrogen-bond donors (Lipinski definition) is 1. The van der Waals surface area contributed by atoms with E-state index >= 15 is 0 Å². The summed E-state index contributed by atoms with van der Waals surface area (Å²) in [6.07, 6.45) is 3.53. The maximum atomic E-state index is 6.38. The molecule has 2 aromatic carbocycles. The number of nitrogens with two attached hydrogens (primary N) is 1. The first kappa shape index (κ1) is 14.7. The topological polar surface area (TPSA) is 26.0 Å². The van der Waals surface area contributed by atoms with Crippen LogP contribution < -0.4 is 5.73 Å². The third kappa shape index (κ3) is 3.69. The van der Waals surface area contributed by atoms with Crippen LogP contribution >= 0.6 is 11.8 Å². The molecular weight excluding hydrogens is 274 g/mol. The lowest BCUT2D eigenvalue weighted by Gasteiger charge is -2.34. The van der Waals surface area contributed by atoms with Crippen molar-refractivity contribution in [2.45, 2.75) is 48.3 Å². The molecule has 21 heavy (non-hydrogen) atoms. The zero-order valence-corrected chi connectivity index (χ0v) is 13.4. The van der Waals surface area contributed by atoms with E-state index in [1.165, 1.54) is 28.9 Å². The van der Waals surface area contributed by atoms with E-state index in [1.54, 1.807) is 0 Å². The van der Waals surface area contributed by atoms with Crippen LogP contribution in [-0.2, 0) is 0 Å². The molecule has 0 saturated heterocycles. The van der Waals surface area contributed by atoms with Crippen molar-refractivity contribution in [2.75, 3.05) is 0 Å². The van der Waals surface area contributed by atoms with Crippen LogP contribution in [0.2, 0.25) is 0 Å². The molecule has 0 radical (unpaired) electrons. The van der Waals surface area contributed by atoms with Gasteiger partial charge in [0, 0.05) is 16.2 Å². The fourth-order valence-electron chi connectivity index (χ4n) is 3.18. The number of rotatable bonds is 3. The lowest BCUT2D eigenvalue weighted by Crippen LogP contribution is -2.37. The van der Waals surface area contributed by atoms with Gasteiger partial charge in [-0.25, -0.2) is 0 Å². The van der Waals surface area contributed by atoms with Crippen LogP contribution in [0.4, 0.5) is 0 Å². The molecule has 2 N–H and O–H groups in total. The van der Waals surface area contributed by atoms with Crippen molar-refractivity contribution in [3.63, 3.8) is 0 Å². The van der Waals surface area contributed by atoms with E-state index in [1.807, 2.05) is 11.8 Å². The summed E-state index contributed by atoms with van der Waals surface area (Å²) in [6.45, 7) is 2.15. The molecule has 2 aromatic rings. The summed E-state index contributed by atoms with van der Waals surface area (Å²) in [5, 5.41) is 0.519. The molecule has 1 saturated carbocycles. The molecule has 110 valence electrons. The van der Waals surface area contributed by atoms with Gasteiger partial charge >= 0.3 is 0 Å². The Balaban J connectivity index is 1.72. The average molecular weight is 297 g/mol. The molecule has 0 amide bonds. The van der Waals surface area contributed by atoms with E-state index in [9.17, 15) is 0 Å². The minimum absolute atomic E-state index is 0.315. The fourth-order valence-corrected chi connectivity index (χ4v) is 4.58. The normalized spacial score (nSPS) is 25.7. The van der Waals surface area contributed by atoms with E-state index in [4.69, 9.17) is 5.73 Å². The standard InChI is InChI=1S/C19H23NS/c1-14-6-5-9-17(12-14)21-19-13-16(10-11-18(19)20)15-7-3-2-4-8-15/h2-9,12,16,18-19H,10-11,13,20H2,1H3. The Labute approximate surface area is 132 Å². The maximum absolute atomic E-state index is 6.38. The Bertz CT molecular complexity index is 581. The van der Waals surface area contributed by atoms with E-state index in [0.717, 1.165) is 6.42 Å². The quantitative estimate of drug-likeness (QED) is 0.884. The minimum atomic E-state index is 0.315. The van der Waals surface area contributed by atoms with Crippen LogP contribution in [0.15, 0.2) is 59.5 Å². The van der Waals surface area contributed by atoms with Crippen molar-refractivity contribution in [2.24, 2.45) is 5.73 Å². The largest absolute Gasteiger partial charge is 0.327 e. The van der Waals surface area contributed by atoms with Gasteiger partial charge in [-0.2, -0.15) is 0 Å². The van der Waals surface area contributed by atoms with E-state index in [2.05, 4.69) is 61.5 Å². The molecule has 1 fully saturated rings. The van der Waals surface area contributed by atoms with Crippen molar-refractivity contribution in [3.8, 4) is 0 Å². The van der Waals surface area contributed by atoms with Gasteiger partial charge in [-0.05, 0) is 49.8 Å². The zero-order valence-electron chi connectivity index (χ0n) is 12.5. The molecule has 1 nitrogen and oxygen atoms in total. The highest BCUT2D eigenvalue weighted by atomic mass is 32.2. The van der Waals surface area contributed by atoms with Crippen LogP contribution in [0.1, 0.15) is 36.3 Å². The molecule has 0 aromatic heterocycles. The Morgan fingerprint density at radius 2 is 1.81 bits per heavy atom. The predicted molar refractivity (Wildman–Crippen MR) is 91.8 cm³/mol. The van der Waals surface area contributed by atoms with Gasteiger partial charge in [0.25, 0.3) is 0 Å². The Morgan fingerprint density at radius 3 is 2.57 bits per heavy atom. The van der Waals surface area contributed by atoms with Crippen LogP contribution in [0, 0.1) is 6.92 Å². The van der Waals surface area contributed by atoms with Crippen molar-refractivity contribution < 1.29 is 0 Å². The molecule has 0 bridgehead atoms. The fraction of sp³-hybridized carbons (Fsp3) is 0.368. The van der Waals surface area contributed by atoms with Gasteiger partial charge in [0.2, 0.25) is 0 Å². The minimum Gasteiger partial charge on any atom is -0.327 e. The second-order valence-electron chi connectivity index (χ2n) is 6.06. The van der Waals surface area contributed by atoms with Crippen molar-refractivity contribution in [3.05, 3.63) is 65.7 Å². The Morgan fingerprint density at radius 1 is 1.00 bits per heavy atom. The number of hydrogen-bond acceptors (Lipinski definition) is 2. The highest BCUT2D eigenvalue weighted by Gasteiger charge is 2.29. The molecule has 1 aliphatic rings. The number of benzene rings is 2. The summed E-state index contributed by atoms with van der Waals surface area (Å²) in [5.41, 5.74) is 9.18. The molecule has 0 heterocycles. The van der Waals surface area contributed by atoms with Gasteiger partial charge in [-0.1, -0.05) is 48.0 Å². The van der Waals surface area contributed by atoms with E-state index in [0.29, 0.717) is 17.2 Å². The van der Waals surface area contributed by atoms with Crippen LogP contribution in [0.5, 0.6) is 0 Å². The monoisotopic (exact) mass is 297 g/mol. The van der Waals surface area contributed by atoms with Crippen molar-refractivity contribution in [1.82, 2.24) is 0 Å². The van der Waals surface area contributed by atoms with Crippen LogP contribution in [0.25, 0.3) is 0 Å². The zero-order chi connectivity index (χ0) is 14.7. The van der Waals surface area contributed by atoms with Gasteiger partial charge in [0.15, 0.2) is 0 Å². The van der Waals surface area contributed by atoms with E-state index < -0.39 is 0 Å². The van der Waals surface area contributed by atoms with Crippen molar-refractivity contribution >= 4 is 11.8 Å². The third-order valence-corrected chi connectivity index (χ3v) is 5.76. The molecule has 0 aliphatic heterocycles. The molecule has 3 rings (SSSR count). The third-order valence-electron chi connectivity index (χ3n) is 4.39. The lowest BCUT2D eigenvalue weighted by molar-refractivity contribution is 0.406. The summed E-state index contributed by atoms with van der Waals surface area (Å²) < 4.78 is 0. The van der Waals surface area contributed by atoms with Gasteiger partial charge in [-0.15, -0.1) is 11.8 Å². The van der Waals surface area contributed by atoms with Crippen LogP contribution in [0.3, 0.4) is 0 Å². The summed E-state index contributed by atoms with van der Waals surface area (Å²) >= 11 is 1.96. The Kier molecular flexibility index (Phi) is 4.67. The lowest BCUT2D eigenvalue weighted by atomic mass is 9.82. The summed E-state index contributed by atoms with van der Waals surface area (Å²) in [4.78, 5) is 1.35. The first-order chi connectivity index (χ1) is 10.2. The van der Waals surface area contributed by atoms with Gasteiger partial charge in [0.1, 0.15) is 0 Å². The number of aryl methyl sites for hydroxylation is 1. The van der Waals surface area contributed by atoms with Gasteiger partial charge < -0.3 is 5.73 Å². The van der Waals surface area contributed by atoms with Crippen LogP contribution in [-0.4, -0.2) is 11.3 Å². The number of thioether (sulfide) groups is 1. The molecule has 3 atom stereocenters. The van der Waals surface area contributed by atoms with Crippen molar-refractivity contribution in [1.29, 1.82) is 0 Å². The second-order valence-corrected chi connectivity index (χ2v) is 7.37. The summed E-state index contributed by atoms with van der Waals surface area (Å²) in [5.74, 6) is 0.660. The maximum Gasteiger partial charge on any atom is 0.0252 e. The smallest absolute Gasteiger partial charge is 0.0252 e. The molecule has 0 spiro atoms. The predicted octanol–water partition coefficient (Wildman–Crippen LogP) is 4.75.